The Morgan fingerprint density at radius 3 is 2.72 bits per heavy atom. The first kappa shape index (κ1) is 12.9. The zero-order valence-electron chi connectivity index (χ0n) is 11.2. The molecule has 1 aromatic rings. The summed E-state index contributed by atoms with van der Waals surface area (Å²) in [6.45, 7) is 6.22. The molecule has 0 aromatic heterocycles. The van der Waals surface area contributed by atoms with Gasteiger partial charge in [-0.25, -0.2) is 0 Å². The Morgan fingerprint density at radius 2 is 2.11 bits per heavy atom. The smallest absolute Gasteiger partial charge is 0.0643 e. The van der Waals surface area contributed by atoms with Gasteiger partial charge in [0.2, 0.25) is 0 Å². The van der Waals surface area contributed by atoms with Crippen molar-refractivity contribution in [2.24, 2.45) is 0 Å². The Labute approximate surface area is 109 Å². The van der Waals surface area contributed by atoms with Crippen molar-refractivity contribution >= 4 is 5.69 Å². The van der Waals surface area contributed by atoms with Crippen molar-refractivity contribution < 1.29 is 0 Å². The fourth-order valence-corrected chi connectivity index (χ4v) is 2.48. The van der Waals surface area contributed by atoms with Crippen LogP contribution >= 0.6 is 0 Å². The van der Waals surface area contributed by atoms with E-state index in [-0.39, 0.29) is 0 Å². The molecule has 2 rings (SSSR count). The van der Waals surface area contributed by atoms with E-state index in [1.807, 2.05) is 0 Å². The Morgan fingerprint density at radius 1 is 1.39 bits per heavy atom. The van der Waals surface area contributed by atoms with Crippen LogP contribution in [0.3, 0.4) is 0 Å². The molecular weight excluding hydrogens is 222 g/mol. The Hall–Kier alpha value is -1.53. The maximum Gasteiger partial charge on any atom is 0.0643 e. The van der Waals surface area contributed by atoms with Crippen LogP contribution < -0.4 is 10.2 Å². The summed E-state index contributed by atoms with van der Waals surface area (Å²) >= 11 is 0. The van der Waals surface area contributed by atoms with E-state index in [9.17, 15) is 0 Å². The summed E-state index contributed by atoms with van der Waals surface area (Å²) in [7, 11) is 0. The molecule has 1 heterocycles. The quantitative estimate of drug-likeness (QED) is 0.885. The summed E-state index contributed by atoms with van der Waals surface area (Å²) in [6.07, 6.45) is 1.65. The van der Waals surface area contributed by atoms with Gasteiger partial charge in [-0.3, -0.25) is 0 Å². The SMILES string of the molecule is CCc1ccc(N2CC(C)NCC2CC#N)cc1. The molecule has 1 aromatic carbocycles. The van der Waals surface area contributed by atoms with Gasteiger partial charge in [0.05, 0.1) is 18.5 Å². The van der Waals surface area contributed by atoms with Crippen molar-refractivity contribution in [1.29, 1.82) is 5.26 Å². The van der Waals surface area contributed by atoms with Gasteiger partial charge in [-0.2, -0.15) is 5.26 Å². The number of aryl methyl sites for hydroxylation is 1. The number of nitriles is 1. The number of benzene rings is 1. The van der Waals surface area contributed by atoms with E-state index >= 15 is 0 Å². The van der Waals surface area contributed by atoms with Gasteiger partial charge in [0.25, 0.3) is 0 Å². The Kier molecular flexibility index (Phi) is 4.22. The summed E-state index contributed by atoms with van der Waals surface area (Å²) < 4.78 is 0. The lowest BCUT2D eigenvalue weighted by atomic mass is 10.0. The van der Waals surface area contributed by atoms with Crippen LogP contribution in [-0.2, 0) is 6.42 Å². The largest absolute Gasteiger partial charge is 0.365 e. The lowest BCUT2D eigenvalue weighted by molar-refractivity contribution is 0.412. The molecule has 1 N–H and O–H groups in total. The van der Waals surface area contributed by atoms with Crippen molar-refractivity contribution in [2.45, 2.75) is 38.8 Å². The molecule has 1 aliphatic rings. The molecule has 96 valence electrons. The molecule has 0 amide bonds. The molecule has 0 saturated carbocycles. The van der Waals surface area contributed by atoms with Crippen molar-refractivity contribution in [2.75, 3.05) is 18.0 Å². The molecule has 1 fully saturated rings. The van der Waals surface area contributed by atoms with Crippen LogP contribution in [0, 0.1) is 11.3 Å². The summed E-state index contributed by atoms with van der Waals surface area (Å²) in [5, 5.41) is 12.4. The Bertz CT molecular complexity index is 418. The highest BCUT2D eigenvalue weighted by Gasteiger charge is 2.25. The second-order valence-electron chi connectivity index (χ2n) is 5.00. The molecule has 1 saturated heterocycles. The molecule has 2 atom stereocenters. The number of rotatable bonds is 3. The molecule has 1 aliphatic heterocycles. The standard InChI is InChI=1S/C15H21N3/c1-3-13-4-6-14(7-5-13)18-11-12(2)17-10-15(18)8-9-16/h4-7,12,15,17H,3,8,10-11H2,1-2H3. The normalized spacial score (nSPS) is 23.7. The van der Waals surface area contributed by atoms with Crippen molar-refractivity contribution in [3.63, 3.8) is 0 Å². The van der Waals surface area contributed by atoms with Crippen LogP contribution in [0.25, 0.3) is 0 Å². The fourth-order valence-electron chi connectivity index (χ4n) is 2.48. The van der Waals surface area contributed by atoms with Crippen LogP contribution in [0.1, 0.15) is 25.8 Å². The van der Waals surface area contributed by atoms with Gasteiger partial charge in [-0.15, -0.1) is 0 Å². The molecule has 3 nitrogen and oxygen atoms in total. The van der Waals surface area contributed by atoms with Crippen molar-refractivity contribution in [3.8, 4) is 6.07 Å². The van der Waals surface area contributed by atoms with Crippen LogP contribution in [0.15, 0.2) is 24.3 Å². The average Bonchev–Trinajstić information content (AvgIpc) is 2.41. The summed E-state index contributed by atoms with van der Waals surface area (Å²) in [4.78, 5) is 2.36. The van der Waals surface area contributed by atoms with Gasteiger partial charge in [0.15, 0.2) is 0 Å². The number of hydrogen-bond donors (Lipinski definition) is 1. The first-order valence-electron chi connectivity index (χ1n) is 6.70. The topological polar surface area (TPSA) is 39.1 Å². The minimum absolute atomic E-state index is 0.290. The van der Waals surface area contributed by atoms with E-state index in [0.717, 1.165) is 19.5 Å². The van der Waals surface area contributed by atoms with E-state index < -0.39 is 0 Å². The van der Waals surface area contributed by atoms with Gasteiger partial charge in [0, 0.05) is 24.8 Å². The van der Waals surface area contributed by atoms with E-state index in [1.165, 1.54) is 11.3 Å². The minimum atomic E-state index is 0.290. The van der Waals surface area contributed by atoms with Gasteiger partial charge in [-0.05, 0) is 31.0 Å². The maximum absolute atomic E-state index is 8.93. The van der Waals surface area contributed by atoms with E-state index in [4.69, 9.17) is 5.26 Å². The first-order chi connectivity index (χ1) is 8.74. The van der Waals surface area contributed by atoms with Crippen LogP contribution in [-0.4, -0.2) is 25.2 Å². The highest BCUT2D eigenvalue weighted by molar-refractivity contribution is 5.49. The highest BCUT2D eigenvalue weighted by Crippen LogP contribution is 2.22. The molecule has 18 heavy (non-hydrogen) atoms. The summed E-state index contributed by atoms with van der Waals surface area (Å²) in [5.41, 5.74) is 2.60. The number of anilines is 1. The highest BCUT2D eigenvalue weighted by atomic mass is 15.2. The molecular formula is C15H21N3. The minimum Gasteiger partial charge on any atom is -0.365 e. The van der Waals surface area contributed by atoms with Crippen LogP contribution in [0.4, 0.5) is 5.69 Å². The zero-order valence-corrected chi connectivity index (χ0v) is 11.2. The van der Waals surface area contributed by atoms with Gasteiger partial charge in [0.1, 0.15) is 0 Å². The van der Waals surface area contributed by atoms with Crippen molar-refractivity contribution in [1.82, 2.24) is 5.32 Å². The molecule has 0 radical (unpaired) electrons. The average molecular weight is 243 g/mol. The monoisotopic (exact) mass is 243 g/mol. The van der Waals surface area contributed by atoms with E-state index in [1.54, 1.807) is 0 Å². The lowest BCUT2D eigenvalue weighted by Gasteiger charge is -2.40. The zero-order chi connectivity index (χ0) is 13.0. The summed E-state index contributed by atoms with van der Waals surface area (Å²) in [6, 6.07) is 11.8. The van der Waals surface area contributed by atoms with Crippen LogP contribution in [0.5, 0.6) is 0 Å². The predicted octanol–water partition coefficient (Wildman–Crippen LogP) is 2.33. The molecule has 2 unspecified atom stereocenters. The number of nitrogens with zero attached hydrogens (tertiary/aromatic N) is 2. The Balaban J connectivity index is 2.18. The van der Waals surface area contributed by atoms with Gasteiger partial charge in [-0.1, -0.05) is 19.1 Å². The molecule has 0 bridgehead atoms. The molecule has 3 heteroatoms. The number of hydrogen-bond acceptors (Lipinski definition) is 3. The van der Waals surface area contributed by atoms with Crippen molar-refractivity contribution in [3.05, 3.63) is 29.8 Å². The molecule has 0 aliphatic carbocycles. The third-order valence-corrected chi connectivity index (χ3v) is 3.62. The predicted molar refractivity (Wildman–Crippen MR) is 74.6 cm³/mol. The second kappa shape index (κ2) is 5.88. The molecule has 0 spiro atoms. The van der Waals surface area contributed by atoms with E-state index in [2.05, 4.69) is 54.4 Å². The third-order valence-electron chi connectivity index (χ3n) is 3.62. The maximum atomic E-state index is 8.93. The van der Waals surface area contributed by atoms with Gasteiger partial charge < -0.3 is 10.2 Å². The summed E-state index contributed by atoms with van der Waals surface area (Å²) in [5.74, 6) is 0. The third kappa shape index (κ3) is 2.83. The number of piperazine rings is 1. The lowest BCUT2D eigenvalue weighted by Crippen LogP contribution is -2.55. The second-order valence-corrected chi connectivity index (χ2v) is 5.00. The van der Waals surface area contributed by atoms with Crippen LogP contribution in [0.2, 0.25) is 0 Å². The van der Waals surface area contributed by atoms with Gasteiger partial charge >= 0.3 is 0 Å². The fraction of sp³-hybridized carbons (Fsp3) is 0.533. The number of nitrogens with one attached hydrogen (secondary N) is 1. The first-order valence-corrected chi connectivity index (χ1v) is 6.70. The van der Waals surface area contributed by atoms with E-state index in [0.29, 0.717) is 18.5 Å².